The van der Waals surface area contributed by atoms with Crippen molar-refractivity contribution in [3.63, 3.8) is 0 Å². The molecule has 5 nitrogen and oxygen atoms in total. The molecule has 2 N–H and O–H groups in total. The van der Waals surface area contributed by atoms with Crippen LogP contribution in [0.1, 0.15) is 11.3 Å². The van der Waals surface area contributed by atoms with Crippen LogP contribution in [0.3, 0.4) is 0 Å². The maximum Gasteiger partial charge on any atom is 0.416 e. The van der Waals surface area contributed by atoms with Crippen LogP contribution in [0.25, 0.3) is 10.9 Å². The first-order valence-corrected chi connectivity index (χ1v) is 9.67. The average Bonchev–Trinajstić information content (AvgIpc) is 2.74. The van der Waals surface area contributed by atoms with Crippen LogP contribution in [0.15, 0.2) is 78.9 Å². The first kappa shape index (κ1) is 21.2. The number of aryl methyl sites for hydroxylation is 1. The Balaban J connectivity index is 1.43. The molecule has 0 radical (unpaired) electrons. The normalized spacial score (nSPS) is 11.2. The third kappa shape index (κ3) is 4.97. The molecule has 4 rings (SSSR count). The summed E-state index contributed by atoms with van der Waals surface area (Å²) in [7, 11) is 0. The maximum atomic E-state index is 12.8. The van der Waals surface area contributed by atoms with Crippen LogP contribution < -0.4 is 15.4 Å². The summed E-state index contributed by atoms with van der Waals surface area (Å²) in [6, 6.07) is 19.9. The van der Waals surface area contributed by atoms with Gasteiger partial charge in [0, 0.05) is 28.5 Å². The highest BCUT2D eigenvalue weighted by Crippen LogP contribution is 2.31. The first-order chi connectivity index (χ1) is 15.3. The molecule has 0 saturated carbocycles. The van der Waals surface area contributed by atoms with Gasteiger partial charge in [0.1, 0.15) is 11.5 Å². The standard InChI is InChI=1S/C24H18F3N3O2/c1-15-13-22(20-7-2-3-8-21(20)28-15)32-19-11-9-17(10-12-19)29-23(31)30-18-6-4-5-16(14-18)24(25,26)27/h2-14H,1H3,(H2,29,30,31). The van der Waals surface area contributed by atoms with Crippen LogP contribution in [0, 0.1) is 6.92 Å². The Morgan fingerprint density at radius 3 is 2.34 bits per heavy atom. The number of urea groups is 1. The number of ether oxygens (including phenoxy) is 1. The molecule has 0 aliphatic rings. The lowest BCUT2D eigenvalue weighted by Gasteiger charge is -2.12. The number of nitrogens with one attached hydrogen (secondary N) is 2. The van der Waals surface area contributed by atoms with Gasteiger partial charge in [-0.2, -0.15) is 13.2 Å². The number of nitrogens with zero attached hydrogens (tertiary/aromatic N) is 1. The number of para-hydroxylation sites is 1. The Labute approximate surface area is 181 Å². The van der Waals surface area contributed by atoms with Gasteiger partial charge in [0.15, 0.2) is 0 Å². The van der Waals surface area contributed by atoms with Crippen LogP contribution in [-0.2, 0) is 6.18 Å². The van der Waals surface area contributed by atoms with Gasteiger partial charge in [0.25, 0.3) is 0 Å². The summed E-state index contributed by atoms with van der Waals surface area (Å²) in [6.07, 6.45) is -4.48. The number of anilines is 2. The van der Waals surface area contributed by atoms with E-state index in [4.69, 9.17) is 4.74 Å². The number of halogens is 3. The second kappa shape index (κ2) is 8.58. The van der Waals surface area contributed by atoms with Crippen molar-refractivity contribution < 1.29 is 22.7 Å². The number of benzene rings is 3. The number of rotatable bonds is 4. The highest BCUT2D eigenvalue weighted by atomic mass is 19.4. The van der Waals surface area contributed by atoms with Crippen LogP contribution in [0.5, 0.6) is 11.5 Å². The molecule has 1 aromatic heterocycles. The van der Waals surface area contributed by atoms with Gasteiger partial charge in [-0.15, -0.1) is 0 Å². The molecule has 0 bridgehead atoms. The fourth-order valence-electron chi connectivity index (χ4n) is 3.15. The summed E-state index contributed by atoms with van der Waals surface area (Å²) in [5.74, 6) is 1.22. The molecule has 0 atom stereocenters. The van der Waals surface area contributed by atoms with E-state index in [0.717, 1.165) is 28.7 Å². The number of hydrogen-bond acceptors (Lipinski definition) is 3. The second-order valence-electron chi connectivity index (χ2n) is 7.06. The summed E-state index contributed by atoms with van der Waals surface area (Å²) in [5.41, 5.74) is 1.31. The van der Waals surface area contributed by atoms with Crippen molar-refractivity contribution >= 4 is 28.3 Å². The lowest BCUT2D eigenvalue weighted by Crippen LogP contribution is -2.19. The molecule has 1 heterocycles. The van der Waals surface area contributed by atoms with Gasteiger partial charge in [-0.1, -0.05) is 18.2 Å². The van der Waals surface area contributed by atoms with E-state index < -0.39 is 17.8 Å². The number of carbonyl (C=O) groups is 1. The molecule has 32 heavy (non-hydrogen) atoms. The van der Waals surface area contributed by atoms with Crippen molar-refractivity contribution in [1.82, 2.24) is 4.98 Å². The number of pyridine rings is 1. The zero-order valence-electron chi connectivity index (χ0n) is 16.9. The molecular formula is C24H18F3N3O2. The Hall–Kier alpha value is -4.07. The molecule has 0 saturated heterocycles. The molecule has 0 unspecified atom stereocenters. The zero-order valence-corrected chi connectivity index (χ0v) is 16.9. The minimum absolute atomic E-state index is 0.0391. The fraction of sp³-hybridized carbons (Fsp3) is 0.0833. The van der Waals surface area contributed by atoms with Crippen molar-refractivity contribution in [3.8, 4) is 11.5 Å². The topological polar surface area (TPSA) is 63.2 Å². The lowest BCUT2D eigenvalue weighted by atomic mass is 10.2. The molecule has 0 aliphatic carbocycles. The Morgan fingerprint density at radius 2 is 1.59 bits per heavy atom. The molecule has 4 aromatic rings. The number of fused-ring (bicyclic) bond motifs is 1. The Morgan fingerprint density at radius 1 is 0.875 bits per heavy atom. The summed E-state index contributed by atoms with van der Waals surface area (Å²) < 4.78 is 44.4. The molecule has 2 amide bonds. The van der Waals surface area contributed by atoms with E-state index in [2.05, 4.69) is 15.6 Å². The van der Waals surface area contributed by atoms with E-state index >= 15 is 0 Å². The number of aromatic nitrogens is 1. The second-order valence-corrected chi connectivity index (χ2v) is 7.06. The number of hydrogen-bond donors (Lipinski definition) is 2. The van der Waals surface area contributed by atoms with Crippen molar-refractivity contribution in [2.45, 2.75) is 13.1 Å². The van der Waals surface area contributed by atoms with E-state index in [-0.39, 0.29) is 5.69 Å². The molecule has 8 heteroatoms. The highest BCUT2D eigenvalue weighted by Gasteiger charge is 2.30. The predicted molar refractivity (Wildman–Crippen MR) is 117 cm³/mol. The summed E-state index contributed by atoms with van der Waals surface area (Å²) in [4.78, 5) is 16.6. The van der Waals surface area contributed by atoms with E-state index in [1.807, 2.05) is 37.3 Å². The third-order valence-electron chi connectivity index (χ3n) is 4.59. The number of carbonyl (C=O) groups excluding carboxylic acids is 1. The first-order valence-electron chi connectivity index (χ1n) is 9.67. The summed E-state index contributed by atoms with van der Waals surface area (Å²) in [6.45, 7) is 1.88. The van der Waals surface area contributed by atoms with Gasteiger partial charge in [-0.3, -0.25) is 4.98 Å². The van der Waals surface area contributed by atoms with Crippen LogP contribution in [0.2, 0.25) is 0 Å². The summed E-state index contributed by atoms with van der Waals surface area (Å²) in [5, 5.41) is 5.85. The predicted octanol–water partition coefficient (Wildman–Crippen LogP) is 7.00. The van der Waals surface area contributed by atoms with Crippen molar-refractivity contribution in [2.24, 2.45) is 0 Å². The van der Waals surface area contributed by atoms with Crippen molar-refractivity contribution in [1.29, 1.82) is 0 Å². The van der Waals surface area contributed by atoms with Gasteiger partial charge >= 0.3 is 12.2 Å². The monoisotopic (exact) mass is 437 g/mol. The lowest BCUT2D eigenvalue weighted by molar-refractivity contribution is -0.137. The largest absolute Gasteiger partial charge is 0.457 e. The molecule has 0 spiro atoms. The van der Waals surface area contributed by atoms with Crippen LogP contribution >= 0.6 is 0 Å². The highest BCUT2D eigenvalue weighted by molar-refractivity contribution is 5.99. The van der Waals surface area contributed by atoms with Gasteiger partial charge in [0.05, 0.1) is 11.1 Å². The molecule has 0 fully saturated rings. The smallest absolute Gasteiger partial charge is 0.416 e. The molecule has 3 aromatic carbocycles. The van der Waals surface area contributed by atoms with Gasteiger partial charge in [-0.05, 0) is 61.5 Å². The van der Waals surface area contributed by atoms with E-state index in [0.29, 0.717) is 17.2 Å². The van der Waals surface area contributed by atoms with E-state index in [9.17, 15) is 18.0 Å². The zero-order chi connectivity index (χ0) is 22.7. The molecular weight excluding hydrogens is 419 g/mol. The van der Waals surface area contributed by atoms with E-state index in [1.165, 1.54) is 12.1 Å². The molecule has 0 aliphatic heterocycles. The van der Waals surface area contributed by atoms with Crippen molar-refractivity contribution in [3.05, 3.63) is 90.1 Å². The fourth-order valence-corrected chi connectivity index (χ4v) is 3.15. The number of amides is 2. The molecule has 162 valence electrons. The van der Waals surface area contributed by atoms with Gasteiger partial charge in [0.2, 0.25) is 0 Å². The maximum absolute atomic E-state index is 12.8. The summed E-state index contributed by atoms with van der Waals surface area (Å²) >= 11 is 0. The van der Waals surface area contributed by atoms with Gasteiger partial charge in [-0.25, -0.2) is 4.79 Å². The quantitative estimate of drug-likeness (QED) is 0.361. The SMILES string of the molecule is Cc1cc(Oc2ccc(NC(=O)Nc3cccc(C(F)(F)F)c3)cc2)c2ccccc2n1. The van der Waals surface area contributed by atoms with Gasteiger partial charge < -0.3 is 15.4 Å². The Kier molecular flexibility index (Phi) is 5.68. The minimum Gasteiger partial charge on any atom is -0.457 e. The van der Waals surface area contributed by atoms with Crippen molar-refractivity contribution in [2.75, 3.05) is 10.6 Å². The third-order valence-corrected chi connectivity index (χ3v) is 4.59. The Bertz CT molecular complexity index is 1270. The van der Waals surface area contributed by atoms with E-state index in [1.54, 1.807) is 24.3 Å². The van der Waals surface area contributed by atoms with Crippen LogP contribution in [-0.4, -0.2) is 11.0 Å². The minimum atomic E-state index is -4.48. The average molecular weight is 437 g/mol. The van der Waals surface area contributed by atoms with Crippen LogP contribution in [0.4, 0.5) is 29.3 Å². The number of alkyl halides is 3.